The number of anilines is 1. The van der Waals surface area contributed by atoms with Gasteiger partial charge in [0.25, 0.3) is 32.4 Å². The summed E-state index contributed by atoms with van der Waals surface area (Å²) in [6.45, 7) is 2.01. The van der Waals surface area contributed by atoms with E-state index in [-0.39, 0.29) is 18.4 Å². The highest BCUT2D eigenvalue weighted by molar-refractivity contribution is 8.23. The molecule has 6 rings (SSSR count). The van der Waals surface area contributed by atoms with Crippen LogP contribution in [0.25, 0.3) is 10.5 Å². The summed E-state index contributed by atoms with van der Waals surface area (Å²) in [6, 6.07) is 12.8. The molecule has 0 aliphatic carbocycles. The van der Waals surface area contributed by atoms with E-state index in [1.165, 1.54) is 11.8 Å². The molecule has 1 fully saturated rings. The van der Waals surface area contributed by atoms with Gasteiger partial charge in [0.2, 0.25) is 0 Å². The van der Waals surface area contributed by atoms with Crippen LogP contribution >= 0.6 is 46.2 Å². The van der Waals surface area contributed by atoms with Gasteiger partial charge in [0.1, 0.15) is 36.4 Å². The quantitative estimate of drug-likeness (QED) is 0.218. The number of hydrogen-bond acceptors (Lipinski definition) is 13. The second kappa shape index (κ2) is 14.0. The summed E-state index contributed by atoms with van der Waals surface area (Å²) in [5.74, 6) is -5.34. The number of fused-ring (bicyclic) bond motifs is 1. The maximum atomic E-state index is 14.3. The average Bonchev–Trinajstić information content (AvgIpc) is 3.74. The summed E-state index contributed by atoms with van der Waals surface area (Å²) >= 11 is 3.00. The zero-order valence-corrected chi connectivity index (χ0v) is 31.3. The van der Waals surface area contributed by atoms with E-state index in [4.69, 9.17) is 0 Å². The van der Waals surface area contributed by atoms with E-state index >= 15 is 0 Å². The van der Waals surface area contributed by atoms with E-state index in [1.807, 2.05) is 37.9 Å². The Hall–Kier alpha value is -4.73. The number of carbonyl (C=O) groups excluding carboxylic acids is 2. The van der Waals surface area contributed by atoms with Crippen LogP contribution in [0.4, 0.5) is 10.5 Å². The van der Waals surface area contributed by atoms with E-state index < -0.39 is 68.2 Å². The van der Waals surface area contributed by atoms with Gasteiger partial charge in [0, 0.05) is 17.5 Å². The van der Waals surface area contributed by atoms with Gasteiger partial charge in [-0.25, -0.2) is 0 Å². The predicted molar refractivity (Wildman–Crippen MR) is 196 cm³/mol. The Balaban J connectivity index is 1.74. The SMILES string of the molecule is Cc1cc2c(cc1C)N(C)C(=C/C(c1ccccc1)=c1/s/c(=c3/s/c(=C4/SC(=O)N(CC(=O)O)C4=O)n(CC(=O)O)c3=O)n(CS(=O)(=O)O)c1=O)S2. The molecule has 2 aliphatic rings. The van der Waals surface area contributed by atoms with Crippen LogP contribution in [0.1, 0.15) is 16.7 Å². The van der Waals surface area contributed by atoms with Crippen LogP contribution in [0.15, 0.2) is 68.1 Å². The topological polar surface area (TPSA) is 214 Å². The molecule has 4 aromatic rings. The largest absolute Gasteiger partial charge is 0.480 e. The first-order valence-electron chi connectivity index (χ1n) is 14.9. The average molecular weight is 803 g/mol. The first-order valence-corrected chi connectivity index (χ1v) is 19.8. The summed E-state index contributed by atoms with van der Waals surface area (Å²) in [4.78, 5) is 80.0. The number of nitrogens with zero attached hydrogens (tertiary/aromatic N) is 4. The number of carboxylic acid groups (broad SMARTS) is 2. The Morgan fingerprint density at radius 1 is 0.846 bits per heavy atom. The molecule has 0 spiro atoms. The number of imide groups is 1. The molecule has 52 heavy (non-hydrogen) atoms. The van der Waals surface area contributed by atoms with Gasteiger partial charge < -0.3 is 15.1 Å². The van der Waals surface area contributed by atoms with E-state index in [0.717, 1.165) is 38.1 Å². The number of allylic oxidation sites excluding steroid dienone is 1. The third kappa shape index (κ3) is 7.04. The molecule has 0 atom stereocenters. The number of aryl methyl sites for hydroxylation is 2. The molecule has 0 bridgehead atoms. The highest BCUT2D eigenvalue weighted by atomic mass is 32.2. The maximum absolute atomic E-state index is 14.3. The lowest BCUT2D eigenvalue weighted by Gasteiger charge is -2.15. The Labute approximate surface area is 309 Å². The first kappa shape index (κ1) is 37.0. The van der Waals surface area contributed by atoms with Crippen molar-refractivity contribution in [2.45, 2.75) is 31.2 Å². The molecule has 4 heterocycles. The third-order valence-electron chi connectivity index (χ3n) is 7.96. The minimum atomic E-state index is -4.90. The summed E-state index contributed by atoms with van der Waals surface area (Å²) < 4.78 is 34.9. The van der Waals surface area contributed by atoms with Crippen molar-refractivity contribution < 1.29 is 42.4 Å². The number of aliphatic carboxylic acids is 2. The van der Waals surface area contributed by atoms with Crippen molar-refractivity contribution in [1.82, 2.24) is 14.0 Å². The van der Waals surface area contributed by atoms with Crippen molar-refractivity contribution in [2.24, 2.45) is 0 Å². The Morgan fingerprint density at radius 3 is 2.13 bits per heavy atom. The van der Waals surface area contributed by atoms with E-state index in [2.05, 4.69) is 0 Å². The number of rotatable bonds is 8. The summed E-state index contributed by atoms with van der Waals surface area (Å²) in [5.41, 5.74) is 2.10. The summed E-state index contributed by atoms with van der Waals surface area (Å²) in [5, 5.41) is 18.6. The zero-order chi connectivity index (χ0) is 37.8. The van der Waals surface area contributed by atoms with Crippen molar-refractivity contribution in [2.75, 3.05) is 18.5 Å². The van der Waals surface area contributed by atoms with Gasteiger partial charge >= 0.3 is 11.9 Å². The number of thiazole rings is 2. The second-order valence-corrected chi connectivity index (χ2v) is 17.0. The second-order valence-electron chi connectivity index (χ2n) is 11.5. The fourth-order valence-corrected chi connectivity index (χ4v) is 10.7. The van der Waals surface area contributed by atoms with Crippen molar-refractivity contribution in [1.29, 1.82) is 0 Å². The maximum Gasteiger partial charge on any atom is 0.323 e. The van der Waals surface area contributed by atoms with Crippen LogP contribution in [0, 0.1) is 23.0 Å². The molecule has 2 aliphatic heterocycles. The molecule has 1 saturated heterocycles. The fraction of sp³-hybridized carbons (Fsp3) is 0.188. The molecule has 0 radical (unpaired) electrons. The number of aromatic nitrogens is 2. The van der Waals surface area contributed by atoms with Crippen LogP contribution in [-0.4, -0.2) is 73.9 Å². The van der Waals surface area contributed by atoms with Gasteiger partial charge in [0.15, 0.2) is 5.88 Å². The lowest BCUT2D eigenvalue weighted by Crippen LogP contribution is -2.35. The molecule has 3 N–H and O–H groups in total. The molecule has 270 valence electrons. The van der Waals surface area contributed by atoms with Crippen LogP contribution in [0.2, 0.25) is 0 Å². The number of amides is 2. The van der Waals surface area contributed by atoms with Crippen molar-refractivity contribution >= 4 is 95.6 Å². The van der Waals surface area contributed by atoms with E-state index in [9.17, 15) is 52.0 Å². The molecule has 2 aromatic heterocycles. The third-order valence-corrected chi connectivity index (χ3v) is 13.3. The van der Waals surface area contributed by atoms with Crippen molar-refractivity contribution in [3.8, 4) is 0 Å². The smallest absolute Gasteiger partial charge is 0.323 e. The predicted octanol–water partition coefficient (Wildman–Crippen LogP) is 2.14. The molecular formula is C32H26N4O11S5. The van der Waals surface area contributed by atoms with Gasteiger partial charge in [-0.1, -0.05) is 42.1 Å². The monoisotopic (exact) mass is 802 g/mol. The molecule has 0 unspecified atom stereocenters. The van der Waals surface area contributed by atoms with Gasteiger partial charge in [-0.2, -0.15) is 8.42 Å². The van der Waals surface area contributed by atoms with Gasteiger partial charge in [-0.05, 0) is 60.5 Å². The zero-order valence-electron chi connectivity index (χ0n) is 27.2. The standard InChI is InChI=1S/C32H26N4O11S5/c1-15-9-19-20(10-16(15)2)48-21(33(19)3)11-18(17-7-5-4-6-8-17)24-27(41)36(14-52(45,46)47)31(49-24)25-28(42)34(12-22(37)38)30(50-25)26-29(43)35(13-23(39)40)32(44)51-26/h4-11H,12-14H2,1-3H3,(H,37,38)(H,39,40)(H,45,46,47)/b21-11?,24-18-,30-26+,31-25+. The lowest BCUT2D eigenvalue weighted by molar-refractivity contribution is -0.140. The highest BCUT2D eigenvalue weighted by Gasteiger charge is 2.38. The molecule has 20 heteroatoms. The normalized spacial score (nSPS) is 17.7. The summed E-state index contributed by atoms with van der Waals surface area (Å²) in [6.07, 6.45) is 1.76. The minimum absolute atomic E-state index is 0.0180. The van der Waals surface area contributed by atoms with Gasteiger partial charge in [-0.3, -0.25) is 47.4 Å². The molecule has 15 nitrogen and oxygen atoms in total. The molecule has 0 saturated carbocycles. The van der Waals surface area contributed by atoms with Gasteiger partial charge in [-0.15, -0.1) is 22.7 Å². The van der Waals surface area contributed by atoms with Gasteiger partial charge in [0.05, 0.1) is 10.7 Å². The summed E-state index contributed by atoms with van der Waals surface area (Å²) in [7, 11) is -3.04. The minimum Gasteiger partial charge on any atom is -0.480 e. The number of hydrogen-bond donors (Lipinski definition) is 3. The number of carboxylic acids is 2. The highest BCUT2D eigenvalue weighted by Crippen LogP contribution is 2.46. The number of thioether (sulfide) groups is 2. The number of carbonyl (C=O) groups is 4. The number of benzene rings is 2. The molecule has 2 amide bonds. The Morgan fingerprint density at radius 2 is 1.50 bits per heavy atom. The van der Waals surface area contributed by atoms with Crippen LogP contribution in [0.3, 0.4) is 0 Å². The van der Waals surface area contributed by atoms with Crippen LogP contribution < -0.4 is 25.2 Å². The fourth-order valence-electron chi connectivity index (χ4n) is 5.39. The Kier molecular flexibility index (Phi) is 9.98. The van der Waals surface area contributed by atoms with Crippen LogP contribution in [0.5, 0.6) is 0 Å². The lowest BCUT2D eigenvalue weighted by atomic mass is 10.1. The van der Waals surface area contributed by atoms with E-state index in [1.54, 1.807) is 36.4 Å². The van der Waals surface area contributed by atoms with Crippen LogP contribution in [-0.2, 0) is 36.9 Å². The molecule has 2 aromatic carbocycles. The van der Waals surface area contributed by atoms with E-state index in [0.29, 0.717) is 48.3 Å². The molecular weight excluding hydrogens is 777 g/mol. The Bertz CT molecular complexity index is 2730. The van der Waals surface area contributed by atoms with Crippen molar-refractivity contribution in [3.05, 3.63) is 109 Å². The van der Waals surface area contributed by atoms with Crippen molar-refractivity contribution in [3.63, 3.8) is 0 Å². The first-order chi connectivity index (χ1) is 24.4.